The highest BCUT2D eigenvalue weighted by Crippen LogP contribution is 2.25. The largest absolute Gasteiger partial charge is 0.481 e. The Kier molecular flexibility index (Phi) is 6.26. The first-order chi connectivity index (χ1) is 9.26. The van der Waals surface area contributed by atoms with Gasteiger partial charge in [0, 0.05) is 11.1 Å². The molecule has 0 amide bonds. The summed E-state index contributed by atoms with van der Waals surface area (Å²) in [6, 6.07) is 3.40. The maximum absolute atomic E-state index is 12.2. The number of aliphatic carboxylic acids is 1. The SMILES string of the molecule is CCCC(CC(=O)O)NS(=O)(=O)c1cc(Cl)ccc1Cl. The first-order valence-electron chi connectivity index (χ1n) is 5.95. The predicted octanol–water partition coefficient (Wildman–Crippen LogP) is 2.92. The molecular formula is C12H15Cl2NO4S. The van der Waals surface area contributed by atoms with Gasteiger partial charge >= 0.3 is 5.97 Å². The third kappa shape index (κ3) is 4.94. The molecule has 20 heavy (non-hydrogen) atoms. The van der Waals surface area contributed by atoms with Crippen molar-refractivity contribution in [1.29, 1.82) is 0 Å². The number of nitrogens with one attached hydrogen (secondary N) is 1. The Morgan fingerprint density at radius 1 is 1.40 bits per heavy atom. The average molecular weight is 340 g/mol. The molecule has 112 valence electrons. The molecule has 0 fully saturated rings. The first kappa shape index (κ1) is 17.2. The zero-order valence-corrected chi connectivity index (χ0v) is 13.1. The molecule has 0 aromatic heterocycles. The predicted molar refractivity (Wildman–Crippen MR) is 77.7 cm³/mol. The van der Waals surface area contributed by atoms with E-state index in [1.165, 1.54) is 18.2 Å². The van der Waals surface area contributed by atoms with E-state index in [0.717, 1.165) is 0 Å². The summed E-state index contributed by atoms with van der Waals surface area (Å²) in [6.07, 6.45) is 0.790. The third-order valence-electron chi connectivity index (χ3n) is 2.56. The van der Waals surface area contributed by atoms with E-state index in [4.69, 9.17) is 28.3 Å². The monoisotopic (exact) mass is 339 g/mol. The van der Waals surface area contributed by atoms with Crippen molar-refractivity contribution in [3.63, 3.8) is 0 Å². The van der Waals surface area contributed by atoms with Crippen molar-refractivity contribution < 1.29 is 18.3 Å². The van der Waals surface area contributed by atoms with Crippen LogP contribution in [0, 0.1) is 0 Å². The number of carbonyl (C=O) groups is 1. The van der Waals surface area contributed by atoms with Crippen molar-refractivity contribution in [2.75, 3.05) is 0 Å². The van der Waals surface area contributed by atoms with Crippen LogP contribution < -0.4 is 4.72 Å². The van der Waals surface area contributed by atoms with Gasteiger partial charge in [-0.2, -0.15) is 0 Å². The van der Waals surface area contributed by atoms with Gasteiger partial charge in [0.05, 0.1) is 11.4 Å². The first-order valence-corrected chi connectivity index (χ1v) is 8.19. The minimum Gasteiger partial charge on any atom is -0.481 e. The molecule has 1 unspecified atom stereocenters. The van der Waals surface area contributed by atoms with E-state index in [1.807, 2.05) is 6.92 Å². The zero-order chi connectivity index (χ0) is 15.3. The zero-order valence-electron chi connectivity index (χ0n) is 10.8. The van der Waals surface area contributed by atoms with Gasteiger partial charge in [-0.15, -0.1) is 0 Å². The second-order valence-electron chi connectivity index (χ2n) is 4.28. The summed E-state index contributed by atoms with van der Waals surface area (Å²) >= 11 is 11.6. The van der Waals surface area contributed by atoms with Crippen LogP contribution in [0.4, 0.5) is 0 Å². The summed E-state index contributed by atoms with van der Waals surface area (Å²) in [7, 11) is -3.91. The Morgan fingerprint density at radius 3 is 2.60 bits per heavy atom. The van der Waals surface area contributed by atoms with Gasteiger partial charge in [-0.3, -0.25) is 4.79 Å². The Morgan fingerprint density at radius 2 is 2.05 bits per heavy atom. The third-order valence-corrected chi connectivity index (χ3v) is 4.80. The van der Waals surface area contributed by atoms with E-state index in [9.17, 15) is 13.2 Å². The fraction of sp³-hybridized carbons (Fsp3) is 0.417. The lowest BCUT2D eigenvalue weighted by Crippen LogP contribution is -2.36. The van der Waals surface area contributed by atoms with E-state index in [0.29, 0.717) is 12.8 Å². The van der Waals surface area contributed by atoms with Crippen molar-refractivity contribution in [3.8, 4) is 0 Å². The number of benzene rings is 1. The van der Waals surface area contributed by atoms with Crippen molar-refractivity contribution >= 4 is 39.2 Å². The number of carboxylic acids is 1. The van der Waals surface area contributed by atoms with Crippen LogP contribution in [-0.2, 0) is 14.8 Å². The topological polar surface area (TPSA) is 83.5 Å². The number of carboxylic acid groups (broad SMARTS) is 1. The minimum atomic E-state index is -3.91. The molecule has 0 aliphatic carbocycles. The van der Waals surface area contributed by atoms with E-state index >= 15 is 0 Å². The van der Waals surface area contributed by atoms with E-state index in [1.54, 1.807) is 0 Å². The van der Waals surface area contributed by atoms with Crippen LogP contribution in [0.5, 0.6) is 0 Å². The highest BCUT2D eigenvalue weighted by molar-refractivity contribution is 7.89. The number of rotatable bonds is 7. The summed E-state index contributed by atoms with van der Waals surface area (Å²) in [4.78, 5) is 10.6. The van der Waals surface area contributed by atoms with Gasteiger partial charge in [0.2, 0.25) is 10.0 Å². The second kappa shape index (κ2) is 7.26. The van der Waals surface area contributed by atoms with E-state index in [2.05, 4.69) is 4.72 Å². The second-order valence-corrected chi connectivity index (χ2v) is 6.81. The smallest absolute Gasteiger partial charge is 0.304 e. The molecule has 0 saturated heterocycles. The summed E-state index contributed by atoms with van der Waals surface area (Å²) in [5.74, 6) is -1.07. The van der Waals surface area contributed by atoms with Crippen LogP contribution in [-0.4, -0.2) is 25.5 Å². The molecule has 0 heterocycles. The molecule has 1 atom stereocenters. The highest BCUT2D eigenvalue weighted by atomic mass is 35.5. The lowest BCUT2D eigenvalue weighted by molar-refractivity contribution is -0.137. The summed E-state index contributed by atoms with van der Waals surface area (Å²) in [6.45, 7) is 1.84. The van der Waals surface area contributed by atoms with Crippen LogP contribution in [0.3, 0.4) is 0 Å². The number of halogens is 2. The normalized spacial score (nSPS) is 13.2. The van der Waals surface area contributed by atoms with Gasteiger partial charge in [-0.1, -0.05) is 36.5 Å². The fourth-order valence-electron chi connectivity index (χ4n) is 1.73. The molecule has 0 bridgehead atoms. The number of sulfonamides is 1. The molecule has 1 aromatic carbocycles. The van der Waals surface area contributed by atoms with Crippen molar-refractivity contribution in [1.82, 2.24) is 4.72 Å². The molecule has 0 aliphatic rings. The maximum atomic E-state index is 12.2. The van der Waals surface area contributed by atoms with Gasteiger partial charge in [0.1, 0.15) is 4.90 Å². The van der Waals surface area contributed by atoms with Gasteiger partial charge in [0.25, 0.3) is 0 Å². The Bertz CT molecular complexity index is 589. The van der Waals surface area contributed by atoms with E-state index in [-0.39, 0.29) is 21.4 Å². The molecular weight excluding hydrogens is 325 g/mol. The van der Waals surface area contributed by atoms with Crippen LogP contribution in [0.2, 0.25) is 10.0 Å². The van der Waals surface area contributed by atoms with Gasteiger partial charge < -0.3 is 5.11 Å². The minimum absolute atomic E-state index is 0.0347. The summed E-state index contributed by atoms with van der Waals surface area (Å²) in [5.41, 5.74) is 0. The van der Waals surface area contributed by atoms with Crippen LogP contribution in [0.25, 0.3) is 0 Å². The molecule has 0 saturated carbocycles. The Balaban J connectivity index is 3.02. The summed E-state index contributed by atoms with van der Waals surface area (Å²) < 4.78 is 26.8. The lowest BCUT2D eigenvalue weighted by Gasteiger charge is -2.17. The molecule has 5 nitrogen and oxygen atoms in total. The van der Waals surface area contributed by atoms with Crippen molar-refractivity contribution in [3.05, 3.63) is 28.2 Å². The molecule has 1 aromatic rings. The number of hydrogen-bond acceptors (Lipinski definition) is 3. The van der Waals surface area contributed by atoms with Crippen LogP contribution >= 0.6 is 23.2 Å². The van der Waals surface area contributed by atoms with Crippen LogP contribution in [0.15, 0.2) is 23.1 Å². The molecule has 1 rings (SSSR count). The molecule has 0 aliphatic heterocycles. The number of hydrogen-bond donors (Lipinski definition) is 2. The standard InChI is InChI=1S/C12H15Cl2NO4S/c1-2-3-9(7-12(16)17)15-20(18,19)11-6-8(13)4-5-10(11)14/h4-6,9,15H,2-3,7H2,1H3,(H,16,17). The van der Waals surface area contributed by atoms with Crippen LogP contribution in [0.1, 0.15) is 26.2 Å². The van der Waals surface area contributed by atoms with Crippen molar-refractivity contribution in [2.45, 2.75) is 37.1 Å². The van der Waals surface area contributed by atoms with Gasteiger partial charge in [-0.05, 0) is 24.6 Å². The fourth-order valence-corrected chi connectivity index (χ4v) is 3.76. The molecule has 0 spiro atoms. The van der Waals surface area contributed by atoms with Gasteiger partial charge in [-0.25, -0.2) is 13.1 Å². The maximum Gasteiger partial charge on any atom is 0.304 e. The quantitative estimate of drug-likeness (QED) is 0.799. The Hall–Kier alpha value is -0.820. The highest BCUT2D eigenvalue weighted by Gasteiger charge is 2.24. The Labute approximate surface area is 127 Å². The molecule has 0 radical (unpaired) electrons. The lowest BCUT2D eigenvalue weighted by atomic mass is 10.1. The average Bonchev–Trinajstić information content (AvgIpc) is 2.31. The summed E-state index contributed by atoms with van der Waals surface area (Å²) in [5, 5.41) is 9.07. The van der Waals surface area contributed by atoms with E-state index < -0.39 is 22.0 Å². The van der Waals surface area contributed by atoms with Gasteiger partial charge in [0.15, 0.2) is 0 Å². The molecule has 2 N–H and O–H groups in total. The molecule has 8 heteroatoms. The van der Waals surface area contributed by atoms with Crippen molar-refractivity contribution in [2.24, 2.45) is 0 Å².